The summed E-state index contributed by atoms with van der Waals surface area (Å²) in [6.45, 7) is 1.72. The van der Waals surface area contributed by atoms with Gasteiger partial charge in [-0.3, -0.25) is 0 Å². The Morgan fingerprint density at radius 2 is 0.709 bits per heavy atom. The molecular weight excluding hydrogens is 686 g/mol. The molecule has 0 atom stereocenters. The number of nitrogens with zero attached hydrogens (tertiary/aromatic N) is 2. The highest BCUT2D eigenvalue weighted by Crippen LogP contribution is 2.42. The quantitative estimate of drug-likeness (QED) is 0.168. The summed E-state index contributed by atoms with van der Waals surface area (Å²) in [5.74, 6) is 0. The van der Waals surface area contributed by atoms with Crippen molar-refractivity contribution in [2.45, 2.75) is 13.1 Å². The molecule has 0 spiro atoms. The van der Waals surface area contributed by atoms with Crippen molar-refractivity contribution in [3.05, 3.63) is 193 Å². The maximum Gasteiger partial charge on any atom is 0.416 e. The summed E-state index contributed by atoms with van der Waals surface area (Å²) in [6.07, 6.45) is -4.48. The fourth-order valence-corrected chi connectivity index (χ4v) is 8.41. The minimum Gasteiger partial charge on any atom is -0.309 e. The number of fused-ring (bicyclic) bond motifs is 6. The van der Waals surface area contributed by atoms with E-state index in [1.807, 2.05) is 42.5 Å². The molecule has 0 N–H and O–H groups in total. The zero-order valence-electron chi connectivity index (χ0n) is 29.8. The van der Waals surface area contributed by atoms with Crippen molar-refractivity contribution < 1.29 is 13.2 Å². The zero-order chi connectivity index (χ0) is 37.3. The lowest BCUT2D eigenvalue weighted by Crippen LogP contribution is -2.05. The molecule has 0 bridgehead atoms. The molecule has 2 heterocycles. The topological polar surface area (TPSA) is 9.86 Å². The third-order valence-electron chi connectivity index (χ3n) is 10.7. The molecule has 55 heavy (non-hydrogen) atoms. The van der Waals surface area contributed by atoms with Gasteiger partial charge in [-0.25, -0.2) is 0 Å². The Bertz CT molecular complexity index is 2830. The van der Waals surface area contributed by atoms with Gasteiger partial charge >= 0.3 is 6.18 Å². The third-order valence-corrected chi connectivity index (χ3v) is 10.7. The van der Waals surface area contributed by atoms with Crippen LogP contribution in [-0.2, 0) is 6.18 Å². The summed E-state index contributed by atoms with van der Waals surface area (Å²) in [5.41, 5.74) is 11.1. The molecule has 0 aliphatic carbocycles. The first-order valence-corrected chi connectivity index (χ1v) is 18.3. The van der Waals surface area contributed by atoms with Crippen molar-refractivity contribution in [2.75, 3.05) is 0 Å². The van der Waals surface area contributed by atoms with Gasteiger partial charge in [0.25, 0.3) is 0 Å². The maximum absolute atomic E-state index is 14.3. The van der Waals surface area contributed by atoms with E-state index in [2.05, 4.69) is 137 Å². The Morgan fingerprint density at radius 1 is 0.364 bits per heavy atom. The average Bonchev–Trinajstić information content (AvgIpc) is 3.73. The van der Waals surface area contributed by atoms with Crippen molar-refractivity contribution in [1.82, 2.24) is 9.13 Å². The van der Waals surface area contributed by atoms with E-state index in [4.69, 9.17) is 0 Å². The molecule has 0 saturated heterocycles. The first-order valence-electron chi connectivity index (χ1n) is 18.3. The number of para-hydroxylation sites is 6. The molecule has 0 amide bonds. The molecule has 0 aliphatic rings. The summed E-state index contributed by atoms with van der Waals surface area (Å²) < 4.78 is 47.4. The molecule has 5 heteroatoms. The van der Waals surface area contributed by atoms with Crippen LogP contribution in [0.3, 0.4) is 0 Å². The van der Waals surface area contributed by atoms with Crippen molar-refractivity contribution in [2.24, 2.45) is 0 Å². The van der Waals surface area contributed by atoms with E-state index in [-0.39, 0.29) is 0 Å². The number of alkyl halides is 3. The van der Waals surface area contributed by atoms with Crippen LogP contribution in [0.2, 0.25) is 0 Å². The number of hydrogen-bond donors (Lipinski definition) is 0. The maximum atomic E-state index is 14.3. The van der Waals surface area contributed by atoms with Crippen molar-refractivity contribution in [1.29, 1.82) is 0 Å². The number of rotatable bonds is 5. The summed E-state index contributed by atoms with van der Waals surface area (Å²) >= 11 is 0. The number of halogens is 3. The third kappa shape index (κ3) is 5.42. The van der Waals surface area contributed by atoms with Crippen molar-refractivity contribution >= 4 is 43.6 Å². The zero-order valence-corrected chi connectivity index (χ0v) is 29.8. The molecule has 8 aromatic carbocycles. The van der Waals surface area contributed by atoms with E-state index < -0.39 is 11.7 Å². The Hall–Kier alpha value is -6.85. The molecule has 0 aliphatic heterocycles. The molecule has 0 unspecified atom stereocenters. The predicted molar refractivity (Wildman–Crippen MR) is 221 cm³/mol. The molecule has 2 aromatic heterocycles. The van der Waals surface area contributed by atoms with Gasteiger partial charge in [0.1, 0.15) is 0 Å². The van der Waals surface area contributed by atoms with Crippen molar-refractivity contribution in [3.8, 4) is 44.8 Å². The van der Waals surface area contributed by atoms with Crippen LogP contribution in [-0.4, -0.2) is 9.13 Å². The van der Waals surface area contributed by atoms with E-state index in [9.17, 15) is 13.2 Å². The van der Waals surface area contributed by atoms with Crippen LogP contribution in [0.25, 0.3) is 88.4 Å². The van der Waals surface area contributed by atoms with E-state index >= 15 is 0 Å². The highest BCUT2D eigenvalue weighted by Gasteiger charge is 2.31. The minimum atomic E-state index is -4.48. The second-order valence-corrected chi connectivity index (χ2v) is 14.2. The smallest absolute Gasteiger partial charge is 0.309 e. The first-order chi connectivity index (χ1) is 26.8. The summed E-state index contributed by atoms with van der Waals surface area (Å²) in [5, 5.41) is 4.62. The fourth-order valence-electron chi connectivity index (χ4n) is 8.41. The molecule has 10 rings (SSSR count). The van der Waals surface area contributed by atoms with Crippen LogP contribution in [0.15, 0.2) is 182 Å². The van der Waals surface area contributed by atoms with E-state index in [0.29, 0.717) is 16.7 Å². The van der Waals surface area contributed by atoms with Gasteiger partial charge in [-0.15, -0.1) is 0 Å². The van der Waals surface area contributed by atoms with Gasteiger partial charge in [-0.2, -0.15) is 13.2 Å². The molecule has 264 valence electrons. The highest BCUT2D eigenvalue weighted by atomic mass is 19.4. The first kappa shape index (κ1) is 32.8. The van der Waals surface area contributed by atoms with Crippen LogP contribution < -0.4 is 0 Å². The van der Waals surface area contributed by atoms with E-state index in [0.717, 1.165) is 77.2 Å². The molecule has 0 saturated carbocycles. The lowest BCUT2D eigenvalue weighted by Gasteiger charge is -2.19. The Labute approximate surface area is 316 Å². The molecule has 2 nitrogen and oxygen atoms in total. The van der Waals surface area contributed by atoms with Crippen LogP contribution in [0.5, 0.6) is 0 Å². The lowest BCUT2D eigenvalue weighted by atomic mass is 9.91. The molecule has 0 radical (unpaired) electrons. The Kier molecular flexibility index (Phi) is 7.53. The largest absolute Gasteiger partial charge is 0.416 e. The van der Waals surface area contributed by atoms with Gasteiger partial charge in [-0.05, 0) is 101 Å². The summed E-state index contributed by atoms with van der Waals surface area (Å²) in [4.78, 5) is 0. The second-order valence-electron chi connectivity index (χ2n) is 14.2. The molecule has 10 aromatic rings. The monoisotopic (exact) mass is 718 g/mol. The highest BCUT2D eigenvalue weighted by molar-refractivity contribution is 6.11. The van der Waals surface area contributed by atoms with E-state index in [1.165, 1.54) is 12.1 Å². The number of benzene rings is 8. The lowest BCUT2D eigenvalue weighted by molar-refractivity contribution is -0.137. The number of hydrogen-bond acceptors (Lipinski definition) is 0. The summed E-state index contributed by atoms with van der Waals surface area (Å²) in [7, 11) is 0. The fraction of sp³-hybridized carbons (Fsp3) is 0.0400. The Morgan fingerprint density at radius 3 is 1.13 bits per heavy atom. The minimum absolute atomic E-state index is 0.513. The van der Waals surface area contributed by atoms with Crippen LogP contribution in [0.1, 0.15) is 11.1 Å². The van der Waals surface area contributed by atoms with Gasteiger partial charge in [0.05, 0.1) is 39.0 Å². The molecule has 0 fully saturated rings. The van der Waals surface area contributed by atoms with Gasteiger partial charge in [0, 0.05) is 32.7 Å². The normalized spacial score (nSPS) is 12.0. The summed E-state index contributed by atoms with van der Waals surface area (Å²) in [6, 6.07) is 60.8. The van der Waals surface area contributed by atoms with Gasteiger partial charge in [-0.1, -0.05) is 115 Å². The van der Waals surface area contributed by atoms with Gasteiger partial charge in [0.15, 0.2) is 0 Å². The number of aromatic nitrogens is 2. The van der Waals surface area contributed by atoms with Crippen LogP contribution >= 0.6 is 0 Å². The van der Waals surface area contributed by atoms with Gasteiger partial charge < -0.3 is 9.13 Å². The predicted octanol–water partition coefficient (Wildman–Crippen LogP) is 14.2. The number of aryl methyl sites for hydroxylation is 1. The molecular formula is C50H33F3N2. The SMILES string of the molecule is Cc1cc(-c2cc(-c3ccccc3-n3c4ccccc4c4ccccc43)cc(-c3ccccc3-n3c4ccccc4c4ccccc43)c2)cc(C(F)(F)F)c1. The van der Waals surface area contributed by atoms with Crippen LogP contribution in [0.4, 0.5) is 13.2 Å². The Balaban J connectivity index is 1.27. The second kappa shape index (κ2) is 12.6. The van der Waals surface area contributed by atoms with Crippen LogP contribution in [0, 0.1) is 6.92 Å². The standard InChI is InChI=1S/C50H33F3N2/c1-32-26-33(31-37(27-32)50(51,52)53)34-28-35(38-14-2-8-20-44(38)54-46-22-10-4-16-40(46)41-17-5-11-23-47(41)54)30-36(29-34)39-15-3-9-21-45(39)55-48-24-12-6-18-42(48)43-19-7-13-25-49(43)55/h2-31H,1H3. The van der Waals surface area contributed by atoms with E-state index in [1.54, 1.807) is 6.92 Å². The average molecular weight is 719 g/mol. The van der Waals surface area contributed by atoms with Crippen molar-refractivity contribution in [3.63, 3.8) is 0 Å². The van der Waals surface area contributed by atoms with Gasteiger partial charge in [0.2, 0.25) is 0 Å².